The van der Waals surface area contributed by atoms with Crippen molar-refractivity contribution < 1.29 is 9.59 Å². The fourth-order valence-electron chi connectivity index (χ4n) is 1.27. The van der Waals surface area contributed by atoms with Gasteiger partial charge in [-0.05, 0) is 46.3 Å². The molecule has 2 heterocycles. The van der Waals surface area contributed by atoms with Crippen molar-refractivity contribution in [1.29, 1.82) is 0 Å². The molecule has 0 bridgehead atoms. The number of aromatic nitrogens is 1. The van der Waals surface area contributed by atoms with Crippen LogP contribution < -0.4 is 10.9 Å². The monoisotopic (exact) mass is 339 g/mol. The molecule has 3 N–H and O–H groups in total. The highest BCUT2D eigenvalue weighted by Crippen LogP contribution is 2.22. The highest BCUT2D eigenvalue weighted by atomic mass is 79.9. The molecule has 0 atom stereocenters. The highest BCUT2D eigenvalue weighted by Gasteiger charge is 2.05. The largest absolute Gasteiger partial charge is 0.357 e. The number of aromatic amines is 1. The number of nitrogens with one attached hydrogen (secondary N) is 3. The van der Waals surface area contributed by atoms with E-state index >= 15 is 0 Å². The number of amides is 2. The molecular formula is C12H10BrN3O2S. The average Bonchev–Trinajstić information content (AvgIpc) is 3.04. The van der Waals surface area contributed by atoms with Crippen LogP contribution in [-0.4, -0.2) is 16.8 Å². The van der Waals surface area contributed by atoms with Gasteiger partial charge in [-0.15, -0.1) is 11.3 Å². The van der Waals surface area contributed by atoms with E-state index in [1.807, 2.05) is 12.1 Å². The third-order valence-electron chi connectivity index (χ3n) is 2.13. The van der Waals surface area contributed by atoms with Crippen molar-refractivity contribution in [3.63, 3.8) is 0 Å². The smallest absolute Gasteiger partial charge is 0.286 e. The first-order chi connectivity index (χ1) is 9.15. The molecule has 0 saturated carbocycles. The van der Waals surface area contributed by atoms with Gasteiger partial charge < -0.3 is 4.98 Å². The van der Waals surface area contributed by atoms with Gasteiger partial charge in [0.25, 0.3) is 11.8 Å². The maximum atomic E-state index is 11.5. The number of halogens is 1. The Morgan fingerprint density at radius 1 is 1.26 bits per heavy atom. The SMILES string of the molecule is O=C(C=Cc1ccc(Br)s1)NNC(=O)c1ccc[nH]1. The zero-order valence-electron chi connectivity index (χ0n) is 9.64. The Labute approximate surface area is 121 Å². The van der Waals surface area contributed by atoms with Crippen LogP contribution >= 0.6 is 27.3 Å². The van der Waals surface area contributed by atoms with Crippen molar-refractivity contribution in [2.75, 3.05) is 0 Å². The number of hydrazine groups is 1. The topological polar surface area (TPSA) is 74.0 Å². The summed E-state index contributed by atoms with van der Waals surface area (Å²) >= 11 is 4.84. The van der Waals surface area contributed by atoms with Gasteiger partial charge in [0.15, 0.2) is 0 Å². The normalized spacial score (nSPS) is 10.6. The molecule has 0 saturated heterocycles. The Kier molecular flexibility index (Phi) is 4.53. The highest BCUT2D eigenvalue weighted by molar-refractivity contribution is 9.11. The van der Waals surface area contributed by atoms with Crippen LogP contribution in [0.5, 0.6) is 0 Å². The van der Waals surface area contributed by atoms with Gasteiger partial charge in [0, 0.05) is 17.2 Å². The Morgan fingerprint density at radius 3 is 2.74 bits per heavy atom. The summed E-state index contributed by atoms with van der Waals surface area (Å²) in [5.74, 6) is -0.796. The molecular weight excluding hydrogens is 330 g/mol. The lowest BCUT2D eigenvalue weighted by Gasteiger charge is -2.02. The number of rotatable bonds is 3. The van der Waals surface area contributed by atoms with Gasteiger partial charge >= 0.3 is 0 Å². The van der Waals surface area contributed by atoms with Gasteiger partial charge in [-0.2, -0.15) is 0 Å². The van der Waals surface area contributed by atoms with Crippen LogP contribution in [0.2, 0.25) is 0 Å². The zero-order valence-corrected chi connectivity index (χ0v) is 12.0. The molecule has 0 spiro atoms. The Bertz CT molecular complexity index is 604. The van der Waals surface area contributed by atoms with Crippen LogP contribution in [0.1, 0.15) is 15.4 Å². The third-order valence-corrected chi connectivity index (χ3v) is 3.72. The summed E-state index contributed by atoms with van der Waals surface area (Å²) in [5, 5.41) is 0. The number of thiophene rings is 1. The average molecular weight is 340 g/mol. The molecule has 0 radical (unpaired) electrons. The number of H-pyrrole nitrogens is 1. The first-order valence-electron chi connectivity index (χ1n) is 5.32. The van der Waals surface area contributed by atoms with Gasteiger partial charge in [-0.1, -0.05) is 0 Å². The van der Waals surface area contributed by atoms with Crippen molar-refractivity contribution in [3.05, 3.63) is 50.9 Å². The van der Waals surface area contributed by atoms with Crippen LogP contribution in [0, 0.1) is 0 Å². The molecule has 2 aromatic heterocycles. The number of carbonyl (C=O) groups is 2. The molecule has 0 aliphatic rings. The summed E-state index contributed by atoms with van der Waals surface area (Å²) in [6.45, 7) is 0. The maximum Gasteiger partial charge on any atom is 0.286 e. The number of hydrogen-bond donors (Lipinski definition) is 3. The summed E-state index contributed by atoms with van der Waals surface area (Å²) in [7, 11) is 0. The first kappa shape index (κ1) is 13.6. The lowest BCUT2D eigenvalue weighted by Crippen LogP contribution is -2.40. The molecule has 5 nitrogen and oxygen atoms in total. The minimum atomic E-state index is -0.399. The van der Waals surface area contributed by atoms with Crippen LogP contribution in [0.4, 0.5) is 0 Å². The second kappa shape index (κ2) is 6.35. The van der Waals surface area contributed by atoms with E-state index < -0.39 is 11.8 Å². The molecule has 2 rings (SSSR count). The number of hydrogen-bond acceptors (Lipinski definition) is 3. The zero-order chi connectivity index (χ0) is 13.7. The van der Waals surface area contributed by atoms with Gasteiger partial charge in [0.2, 0.25) is 0 Å². The van der Waals surface area contributed by atoms with Crippen molar-refractivity contribution in [2.24, 2.45) is 0 Å². The van der Waals surface area contributed by atoms with E-state index in [-0.39, 0.29) is 0 Å². The summed E-state index contributed by atoms with van der Waals surface area (Å²) in [5.41, 5.74) is 4.98. The second-order valence-corrected chi connectivity index (χ2v) is 6.00. The predicted octanol–water partition coefficient (Wildman–Crippen LogP) is 2.31. The van der Waals surface area contributed by atoms with Crippen LogP contribution in [0.25, 0.3) is 6.08 Å². The molecule has 2 amide bonds. The molecule has 7 heteroatoms. The Balaban J connectivity index is 1.82. The van der Waals surface area contributed by atoms with E-state index in [2.05, 4.69) is 31.8 Å². The Morgan fingerprint density at radius 2 is 2.11 bits per heavy atom. The summed E-state index contributed by atoms with van der Waals surface area (Å²) < 4.78 is 0.993. The molecule has 19 heavy (non-hydrogen) atoms. The lowest BCUT2D eigenvalue weighted by molar-refractivity contribution is -0.117. The van der Waals surface area contributed by atoms with Crippen molar-refractivity contribution >= 4 is 45.2 Å². The van der Waals surface area contributed by atoms with E-state index in [4.69, 9.17) is 0 Å². The van der Waals surface area contributed by atoms with E-state index in [0.717, 1.165) is 8.66 Å². The van der Waals surface area contributed by atoms with Crippen LogP contribution in [0.15, 0.2) is 40.3 Å². The van der Waals surface area contributed by atoms with Crippen LogP contribution in [-0.2, 0) is 4.79 Å². The third kappa shape index (κ3) is 4.08. The molecule has 2 aromatic rings. The standard InChI is InChI=1S/C12H10BrN3O2S/c13-10-5-3-8(19-10)4-6-11(17)15-16-12(18)9-2-1-7-14-9/h1-7,14H,(H,15,17)(H,16,18). The lowest BCUT2D eigenvalue weighted by atomic mass is 10.4. The first-order valence-corrected chi connectivity index (χ1v) is 6.93. The summed E-state index contributed by atoms with van der Waals surface area (Å²) in [6, 6.07) is 7.09. The fourth-order valence-corrected chi connectivity index (χ4v) is 2.60. The Hall–Kier alpha value is -1.86. The van der Waals surface area contributed by atoms with E-state index in [0.29, 0.717) is 5.69 Å². The molecule has 0 aromatic carbocycles. The van der Waals surface area contributed by atoms with E-state index in [9.17, 15) is 9.59 Å². The van der Waals surface area contributed by atoms with Crippen molar-refractivity contribution in [1.82, 2.24) is 15.8 Å². The van der Waals surface area contributed by atoms with Gasteiger partial charge in [0.1, 0.15) is 5.69 Å². The molecule has 0 unspecified atom stereocenters. The number of carbonyl (C=O) groups excluding carboxylic acids is 2. The van der Waals surface area contributed by atoms with Crippen molar-refractivity contribution in [2.45, 2.75) is 0 Å². The van der Waals surface area contributed by atoms with Gasteiger partial charge in [0.05, 0.1) is 3.79 Å². The quantitative estimate of drug-likeness (QED) is 0.593. The molecule has 0 aliphatic carbocycles. The van der Waals surface area contributed by atoms with Crippen molar-refractivity contribution in [3.8, 4) is 0 Å². The van der Waals surface area contributed by atoms with E-state index in [1.165, 1.54) is 17.4 Å². The summed E-state index contributed by atoms with van der Waals surface area (Å²) in [6.07, 6.45) is 4.66. The molecule has 0 fully saturated rings. The van der Waals surface area contributed by atoms with E-state index in [1.54, 1.807) is 24.4 Å². The summed E-state index contributed by atoms with van der Waals surface area (Å²) in [4.78, 5) is 26.6. The second-order valence-electron chi connectivity index (χ2n) is 3.50. The van der Waals surface area contributed by atoms with Crippen LogP contribution in [0.3, 0.4) is 0 Å². The molecule has 98 valence electrons. The minimum Gasteiger partial charge on any atom is -0.357 e. The predicted molar refractivity (Wildman–Crippen MR) is 77.5 cm³/mol. The molecule has 0 aliphatic heterocycles. The maximum absolute atomic E-state index is 11.5. The van der Waals surface area contributed by atoms with Gasteiger partial charge in [-0.3, -0.25) is 20.4 Å². The fraction of sp³-hybridized carbons (Fsp3) is 0. The minimum absolute atomic E-state index is 0.381. The van der Waals surface area contributed by atoms with Gasteiger partial charge in [-0.25, -0.2) is 0 Å².